The third kappa shape index (κ3) is 5.76. The number of hydrogen-bond acceptors (Lipinski definition) is 3. The number of nitrogens with zero attached hydrogens (tertiary/aromatic N) is 2. The zero-order valence-electron chi connectivity index (χ0n) is 16.3. The highest BCUT2D eigenvalue weighted by Crippen LogP contribution is 2.42. The first-order chi connectivity index (χ1) is 12.7. The lowest BCUT2D eigenvalue weighted by Crippen LogP contribution is -2.53. The molecule has 0 aromatic heterocycles. The SMILES string of the molecule is CN=C(NCc1ccc(C(=O)NC)cc1)N1CCSC2(CCCCC2)C1.I. The first-order valence-corrected chi connectivity index (χ1v) is 10.5. The van der Waals surface area contributed by atoms with Crippen molar-refractivity contribution in [1.29, 1.82) is 0 Å². The molecule has 150 valence electrons. The van der Waals surface area contributed by atoms with E-state index < -0.39 is 0 Å². The number of nitrogens with one attached hydrogen (secondary N) is 2. The number of carbonyl (C=O) groups is 1. The standard InChI is InChI=1S/C20H30N4OS.HI/c1-21-18(25)17-8-6-16(7-9-17)14-23-19(22-2)24-12-13-26-20(15-24)10-4-3-5-11-20;/h6-9H,3-5,10-15H2,1-2H3,(H,21,25)(H,22,23);1H. The van der Waals surface area contributed by atoms with Gasteiger partial charge in [0.2, 0.25) is 0 Å². The molecule has 1 aromatic rings. The Labute approximate surface area is 184 Å². The maximum absolute atomic E-state index is 11.6. The van der Waals surface area contributed by atoms with Gasteiger partial charge in [-0.1, -0.05) is 31.4 Å². The molecule has 5 nitrogen and oxygen atoms in total. The molecule has 0 unspecified atom stereocenters. The first-order valence-electron chi connectivity index (χ1n) is 9.56. The molecule has 1 aliphatic carbocycles. The summed E-state index contributed by atoms with van der Waals surface area (Å²) in [6.07, 6.45) is 6.80. The second kappa shape index (κ2) is 10.5. The van der Waals surface area contributed by atoms with Crippen molar-refractivity contribution in [3.05, 3.63) is 35.4 Å². The van der Waals surface area contributed by atoms with Crippen molar-refractivity contribution in [2.75, 3.05) is 32.9 Å². The molecule has 1 amide bonds. The maximum Gasteiger partial charge on any atom is 0.251 e. The van der Waals surface area contributed by atoms with Crippen LogP contribution in [0.2, 0.25) is 0 Å². The van der Waals surface area contributed by atoms with Crippen molar-refractivity contribution < 1.29 is 4.79 Å². The van der Waals surface area contributed by atoms with Crippen LogP contribution in [0.4, 0.5) is 0 Å². The fourth-order valence-electron chi connectivity index (χ4n) is 3.96. The van der Waals surface area contributed by atoms with Gasteiger partial charge in [-0.25, -0.2) is 0 Å². The van der Waals surface area contributed by atoms with E-state index in [1.807, 2.05) is 31.3 Å². The Hall–Kier alpha value is -0.960. The largest absolute Gasteiger partial charge is 0.355 e. The molecule has 7 heteroatoms. The number of benzene rings is 1. The molecule has 27 heavy (non-hydrogen) atoms. The molecule has 2 N–H and O–H groups in total. The van der Waals surface area contributed by atoms with E-state index in [4.69, 9.17) is 0 Å². The fraction of sp³-hybridized carbons (Fsp3) is 0.600. The Balaban J connectivity index is 0.00000261. The van der Waals surface area contributed by atoms with Crippen molar-refractivity contribution in [3.63, 3.8) is 0 Å². The van der Waals surface area contributed by atoms with E-state index in [1.165, 1.54) is 37.9 Å². The second-order valence-electron chi connectivity index (χ2n) is 7.19. The first kappa shape index (κ1) is 22.3. The minimum Gasteiger partial charge on any atom is -0.355 e. The molecular weight excluding hydrogens is 471 g/mol. The predicted molar refractivity (Wildman–Crippen MR) is 125 cm³/mol. The van der Waals surface area contributed by atoms with E-state index in [0.717, 1.165) is 31.2 Å². The molecule has 3 rings (SSSR count). The van der Waals surface area contributed by atoms with Crippen molar-refractivity contribution in [3.8, 4) is 0 Å². The molecule has 0 atom stereocenters. The van der Waals surface area contributed by atoms with E-state index in [9.17, 15) is 4.79 Å². The highest BCUT2D eigenvalue weighted by Gasteiger charge is 2.38. The molecule has 1 saturated carbocycles. The van der Waals surface area contributed by atoms with Gasteiger partial charge in [0.05, 0.1) is 0 Å². The summed E-state index contributed by atoms with van der Waals surface area (Å²) < 4.78 is 0.434. The van der Waals surface area contributed by atoms with Gasteiger partial charge >= 0.3 is 0 Å². The van der Waals surface area contributed by atoms with E-state index in [0.29, 0.717) is 10.3 Å². The number of rotatable bonds is 3. The van der Waals surface area contributed by atoms with Gasteiger partial charge in [-0.05, 0) is 30.5 Å². The van der Waals surface area contributed by atoms with Crippen LogP contribution in [0.3, 0.4) is 0 Å². The van der Waals surface area contributed by atoms with E-state index in [-0.39, 0.29) is 29.9 Å². The highest BCUT2D eigenvalue weighted by atomic mass is 127. The van der Waals surface area contributed by atoms with Crippen LogP contribution in [0.15, 0.2) is 29.3 Å². The monoisotopic (exact) mass is 502 g/mol. The lowest BCUT2D eigenvalue weighted by molar-refractivity contribution is 0.0963. The number of carbonyl (C=O) groups excluding carboxylic acids is 1. The average molecular weight is 502 g/mol. The zero-order chi connectivity index (χ0) is 18.4. The molecule has 1 aromatic carbocycles. The third-order valence-electron chi connectivity index (χ3n) is 5.42. The fourth-order valence-corrected chi connectivity index (χ4v) is 5.53. The Bertz CT molecular complexity index is 638. The maximum atomic E-state index is 11.6. The minimum absolute atomic E-state index is 0. The highest BCUT2D eigenvalue weighted by molar-refractivity contribution is 14.0. The molecule has 0 radical (unpaired) electrons. The molecule has 1 heterocycles. The van der Waals surface area contributed by atoms with Crippen LogP contribution in [0.1, 0.15) is 48.0 Å². The number of halogens is 1. The summed E-state index contributed by atoms with van der Waals surface area (Å²) >= 11 is 2.18. The zero-order valence-corrected chi connectivity index (χ0v) is 19.4. The van der Waals surface area contributed by atoms with Gasteiger partial charge < -0.3 is 15.5 Å². The normalized spacial score (nSPS) is 19.3. The Kier molecular flexibility index (Phi) is 8.72. The van der Waals surface area contributed by atoms with Crippen LogP contribution < -0.4 is 10.6 Å². The van der Waals surface area contributed by atoms with Gasteiger partial charge in [0.25, 0.3) is 5.91 Å². The van der Waals surface area contributed by atoms with Crippen molar-refractivity contribution >= 4 is 47.6 Å². The van der Waals surface area contributed by atoms with Crippen LogP contribution in [0.5, 0.6) is 0 Å². The molecule has 0 bridgehead atoms. The van der Waals surface area contributed by atoms with Gasteiger partial charge in [0, 0.05) is 49.8 Å². The quantitative estimate of drug-likeness (QED) is 0.378. The molecular formula is C20H31IN4OS. The second-order valence-corrected chi connectivity index (χ2v) is 8.75. The van der Waals surface area contributed by atoms with E-state index >= 15 is 0 Å². The van der Waals surface area contributed by atoms with Crippen molar-refractivity contribution in [2.24, 2.45) is 4.99 Å². The van der Waals surface area contributed by atoms with Crippen LogP contribution in [0, 0.1) is 0 Å². The number of thioether (sulfide) groups is 1. The summed E-state index contributed by atoms with van der Waals surface area (Å²) in [6.45, 7) is 2.88. The Morgan fingerprint density at radius 1 is 1.22 bits per heavy atom. The van der Waals surface area contributed by atoms with Gasteiger partial charge in [0.1, 0.15) is 0 Å². The summed E-state index contributed by atoms with van der Waals surface area (Å²) in [6, 6.07) is 7.74. The number of aliphatic imine (C=N–C) groups is 1. The van der Waals surface area contributed by atoms with E-state index in [2.05, 4.69) is 32.3 Å². The third-order valence-corrected chi connectivity index (χ3v) is 6.95. The van der Waals surface area contributed by atoms with Crippen molar-refractivity contribution in [1.82, 2.24) is 15.5 Å². The molecule has 2 aliphatic rings. The van der Waals surface area contributed by atoms with Gasteiger partial charge in [-0.2, -0.15) is 11.8 Å². The minimum atomic E-state index is -0.0519. The molecule has 1 spiro atoms. The lowest BCUT2D eigenvalue weighted by Gasteiger charge is -2.45. The van der Waals surface area contributed by atoms with Gasteiger partial charge in [-0.15, -0.1) is 24.0 Å². The average Bonchev–Trinajstić information content (AvgIpc) is 2.69. The molecule has 2 fully saturated rings. The van der Waals surface area contributed by atoms with E-state index in [1.54, 1.807) is 7.05 Å². The Morgan fingerprint density at radius 3 is 2.56 bits per heavy atom. The van der Waals surface area contributed by atoms with Gasteiger partial charge in [-0.3, -0.25) is 9.79 Å². The van der Waals surface area contributed by atoms with Crippen LogP contribution in [0.25, 0.3) is 0 Å². The lowest BCUT2D eigenvalue weighted by atomic mass is 9.87. The topological polar surface area (TPSA) is 56.7 Å². The van der Waals surface area contributed by atoms with Crippen molar-refractivity contribution in [2.45, 2.75) is 43.4 Å². The van der Waals surface area contributed by atoms with Crippen LogP contribution in [-0.2, 0) is 6.54 Å². The van der Waals surface area contributed by atoms with Crippen LogP contribution >= 0.6 is 35.7 Å². The van der Waals surface area contributed by atoms with Crippen LogP contribution in [-0.4, -0.2) is 54.5 Å². The summed E-state index contributed by atoms with van der Waals surface area (Å²) in [7, 11) is 3.52. The molecule has 1 aliphatic heterocycles. The Morgan fingerprint density at radius 2 is 1.93 bits per heavy atom. The predicted octanol–water partition coefficient (Wildman–Crippen LogP) is 3.49. The number of guanidine groups is 1. The smallest absolute Gasteiger partial charge is 0.251 e. The summed E-state index contributed by atoms with van der Waals surface area (Å²) in [5, 5.41) is 6.16. The summed E-state index contributed by atoms with van der Waals surface area (Å²) in [5.74, 6) is 2.12. The number of amides is 1. The van der Waals surface area contributed by atoms with Gasteiger partial charge in [0.15, 0.2) is 5.96 Å². The molecule has 1 saturated heterocycles. The summed E-state index contributed by atoms with van der Waals surface area (Å²) in [5.41, 5.74) is 1.84. The number of hydrogen-bond donors (Lipinski definition) is 2. The summed E-state index contributed by atoms with van der Waals surface area (Å²) in [4.78, 5) is 18.6.